The quantitative estimate of drug-likeness (QED) is 0.501. The second kappa shape index (κ2) is 23.2. The molecule has 0 fully saturated rings. The summed E-state index contributed by atoms with van der Waals surface area (Å²) in [5.41, 5.74) is 5.75. The molecule has 0 aliphatic heterocycles. The van der Waals surface area contributed by atoms with Crippen molar-refractivity contribution < 1.29 is 21.7 Å². The summed E-state index contributed by atoms with van der Waals surface area (Å²) < 4.78 is 0. The van der Waals surface area contributed by atoms with Gasteiger partial charge in [0.1, 0.15) is 0 Å². The summed E-state index contributed by atoms with van der Waals surface area (Å²) in [5, 5.41) is 11.2. The molecule has 0 atom stereocenters. The zero-order valence-corrected chi connectivity index (χ0v) is 18.1. The van der Waals surface area contributed by atoms with Gasteiger partial charge in [-0.1, -0.05) is 48.5 Å². The number of nitrogens with zero attached hydrogens (tertiary/aromatic N) is 3. The molecular formula is C18H37N3Ti. The van der Waals surface area contributed by atoms with Gasteiger partial charge in [0.2, 0.25) is 0 Å². The van der Waals surface area contributed by atoms with Gasteiger partial charge >= 0.3 is 21.7 Å². The molecule has 0 spiro atoms. The molecule has 0 aliphatic rings. The molecule has 0 amide bonds. The fourth-order valence-electron chi connectivity index (χ4n) is 1.13. The Kier molecular flexibility index (Phi) is 31.5. The monoisotopic (exact) mass is 343 g/mol. The molecule has 1 aromatic carbocycles. The molecule has 1 rings (SSSR count). The Balaban J connectivity index is -0.000000107. The number of hydrogen-bond donors (Lipinski definition) is 0. The summed E-state index contributed by atoms with van der Waals surface area (Å²) in [6, 6.07) is 2.24. The van der Waals surface area contributed by atoms with Crippen LogP contribution in [0.15, 0.2) is 6.07 Å². The van der Waals surface area contributed by atoms with Crippen molar-refractivity contribution in [2.24, 2.45) is 0 Å². The minimum Gasteiger partial charge on any atom is -0.665 e. The van der Waals surface area contributed by atoms with Gasteiger partial charge in [0.25, 0.3) is 0 Å². The van der Waals surface area contributed by atoms with E-state index in [2.05, 4.69) is 49.7 Å². The van der Waals surface area contributed by atoms with Crippen molar-refractivity contribution in [1.82, 2.24) is 0 Å². The van der Waals surface area contributed by atoms with Gasteiger partial charge in [-0.2, -0.15) is 69.1 Å². The van der Waals surface area contributed by atoms with E-state index < -0.39 is 0 Å². The Hall–Kier alpha value is -0.0557. The third-order valence-corrected chi connectivity index (χ3v) is 3.13. The molecular weight excluding hydrogens is 306 g/mol. The van der Waals surface area contributed by atoms with E-state index in [9.17, 15) is 0 Å². The maximum atomic E-state index is 3.74. The number of hydrogen-bond acceptors (Lipinski definition) is 0. The van der Waals surface area contributed by atoms with Crippen LogP contribution in [-0.4, -0.2) is 40.8 Å². The second-order valence-corrected chi connectivity index (χ2v) is 4.66. The fraction of sp³-hybridized carbons (Fsp3) is 0.722. The molecule has 0 saturated carbocycles. The molecule has 0 heterocycles. The van der Waals surface area contributed by atoms with Gasteiger partial charge in [0, 0.05) is 0 Å². The average Bonchev–Trinajstić information content (AvgIpc) is 2.74. The predicted molar refractivity (Wildman–Crippen MR) is 100 cm³/mol. The average molecular weight is 343 g/mol. The molecule has 0 saturated heterocycles. The summed E-state index contributed by atoms with van der Waals surface area (Å²) in [7, 11) is 5.42. The van der Waals surface area contributed by atoms with Crippen LogP contribution in [0.25, 0.3) is 16.0 Å². The van der Waals surface area contributed by atoms with Gasteiger partial charge < -0.3 is 16.0 Å². The van der Waals surface area contributed by atoms with Crippen molar-refractivity contribution in [3.8, 4) is 0 Å². The Bertz CT molecular complexity index is 272. The van der Waals surface area contributed by atoms with Crippen LogP contribution in [0.2, 0.25) is 0 Å². The van der Waals surface area contributed by atoms with Gasteiger partial charge in [-0.15, -0.1) is 0 Å². The van der Waals surface area contributed by atoms with Gasteiger partial charge in [-0.3, -0.25) is 0 Å². The fourth-order valence-corrected chi connectivity index (χ4v) is 1.13. The first-order valence-electron chi connectivity index (χ1n) is 7.74. The minimum absolute atomic E-state index is 0. The molecule has 22 heavy (non-hydrogen) atoms. The van der Waals surface area contributed by atoms with Crippen molar-refractivity contribution >= 4 is 0 Å². The molecule has 0 bridgehead atoms. The number of rotatable bonds is 3. The van der Waals surface area contributed by atoms with Crippen molar-refractivity contribution in [2.75, 3.05) is 40.8 Å². The zero-order chi connectivity index (χ0) is 17.3. The molecule has 0 aliphatic carbocycles. The molecule has 4 heteroatoms. The van der Waals surface area contributed by atoms with E-state index in [0.717, 1.165) is 19.6 Å². The van der Waals surface area contributed by atoms with E-state index >= 15 is 0 Å². The van der Waals surface area contributed by atoms with E-state index in [-0.39, 0.29) is 21.7 Å². The largest absolute Gasteiger partial charge is 4.00 e. The third-order valence-electron chi connectivity index (χ3n) is 3.13. The first kappa shape index (κ1) is 29.9. The van der Waals surface area contributed by atoms with Crippen molar-refractivity contribution in [2.45, 2.75) is 48.5 Å². The van der Waals surface area contributed by atoms with Gasteiger partial charge in [-0.25, -0.2) is 0 Å². The summed E-state index contributed by atoms with van der Waals surface area (Å²) in [5.74, 6) is 0. The summed E-state index contributed by atoms with van der Waals surface area (Å²) in [6.45, 7) is 17.6. The van der Waals surface area contributed by atoms with E-state index in [4.69, 9.17) is 0 Å². The van der Waals surface area contributed by atoms with Crippen LogP contribution in [0.3, 0.4) is 0 Å². The van der Waals surface area contributed by atoms with Crippen molar-refractivity contribution in [3.05, 3.63) is 44.3 Å². The zero-order valence-electron chi connectivity index (χ0n) is 16.5. The Morgan fingerprint density at radius 3 is 1.14 bits per heavy atom. The smallest absolute Gasteiger partial charge is 0.665 e. The summed E-state index contributed by atoms with van der Waals surface area (Å²) >= 11 is 0. The van der Waals surface area contributed by atoms with Gasteiger partial charge in [0.15, 0.2) is 0 Å². The summed E-state index contributed by atoms with van der Waals surface area (Å²) in [6.07, 6.45) is 0. The van der Waals surface area contributed by atoms with E-state index in [0.29, 0.717) is 0 Å². The summed E-state index contributed by atoms with van der Waals surface area (Å²) in [4.78, 5) is 0. The maximum absolute atomic E-state index is 3.74. The van der Waals surface area contributed by atoms with Crippen LogP contribution in [0.1, 0.15) is 43.0 Å². The molecule has 128 valence electrons. The molecule has 0 radical (unpaired) electrons. The first-order valence-corrected chi connectivity index (χ1v) is 7.74. The topological polar surface area (TPSA) is 42.3 Å². The Labute approximate surface area is 155 Å². The van der Waals surface area contributed by atoms with Gasteiger partial charge in [-0.05, 0) is 0 Å². The van der Waals surface area contributed by atoms with Crippen LogP contribution < -0.4 is 0 Å². The predicted octanol–water partition coefficient (Wildman–Crippen LogP) is 5.67. The Morgan fingerprint density at radius 1 is 0.818 bits per heavy atom. The molecule has 0 aromatic heterocycles. The molecule has 0 N–H and O–H groups in total. The molecule has 3 nitrogen and oxygen atoms in total. The van der Waals surface area contributed by atoms with E-state index in [1.165, 1.54) is 22.3 Å². The van der Waals surface area contributed by atoms with Crippen LogP contribution in [-0.2, 0) is 21.7 Å². The first-order chi connectivity index (χ1) is 9.87. The van der Waals surface area contributed by atoms with Crippen molar-refractivity contribution in [3.63, 3.8) is 0 Å². The normalized spacial score (nSPS) is 8.27. The van der Waals surface area contributed by atoms with Crippen LogP contribution in [0.5, 0.6) is 0 Å². The van der Waals surface area contributed by atoms with Gasteiger partial charge in [0.05, 0.1) is 0 Å². The third kappa shape index (κ3) is 19.9. The van der Waals surface area contributed by atoms with Crippen LogP contribution in [0, 0.1) is 27.7 Å². The minimum atomic E-state index is 0. The van der Waals surface area contributed by atoms with E-state index in [1.54, 1.807) is 21.1 Å². The standard InChI is InChI=1S/C9H13.3C3H8N.Ti/c1-6-5-7(2)9(4)8(6)3;3*1-3-4-2;/h5H,1-4H3;3*3H2,1-2H3;/q4*-1;+4. The molecule has 0 unspecified atom stereocenters. The Morgan fingerprint density at radius 2 is 1.09 bits per heavy atom. The number of aryl methyl sites for hydroxylation is 2. The SMILES string of the molecule is CC[N-]C.CC[N-]C.CC[N-]C.Cc1c[c-](C)c(C)c1C.[Ti+4]. The van der Waals surface area contributed by atoms with Crippen molar-refractivity contribution in [1.29, 1.82) is 0 Å². The van der Waals surface area contributed by atoms with E-state index in [1.807, 2.05) is 20.8 Å². The van der Waals surface area contributed by atoms with Crippen LogP contribution in [0.4, 0.5) is 0 Å². The van der Waals surface area contributed by atoms with Crippen LogP contribution >= 0.6 is 0 Å². The second-order valence-electron chi connectivity index (χ2n) is 4.66. The maximum Gasteiger partial charge on any atom is 4.00 e. The molecule has 1 aromatic rings.